The number of amides is 3. The van der Waals surface area contributed by atoms with Crippen molar-refractivity contribution in [3.05, 3.63) is 72.2 Å². The van der Waals surface area contributed by atoms with E-state index in [0.29, 0.717) is 5.56 Å². The Balaban J connectivity index is 1.54. The third-order valence-electron chi connectivity index (χ3n) is 5.32. The Bertz CT molecular complexity index is 1510. The van der Waals surface area contributed by atoms with Crippen LogP contribution in [0.3, 0.4) is 0 Å². The van der Waals surface area contributed by atoms with Gasteiger partial charge in [0.05, 0.1) is 12.0 Å². The lowest BCUT2D eigenvalue weighted by molar-refractivity contribution is -0.127. The Hall–Kier alpha value is -4.82. The second kappa shape index (κ2) is 10.5. The van der Waals surface area contributed by atoms with Crippen molar-refractivity contribution < 1.29 is 35.9 Å². The third-order valence-corrected chi connectivity index (χ3v) is 5.32. The molecule has 0 bridgehead atoms. The van der Waals surface area contributed by atoms with Crippen molar-refractivity contribution in [2.75, 3.05) is 22.9 Å². The third kappa shape index (κ3) is 6.94. The number of carbonyl (C=O) groups is 2. The summed E-state index contributed by atoms with van der Waals surface area (Å²) in [6, 6.07) is 10.5. The normalized spacial score (nSPS) is 11.8. The standard InChI is InChI=1S/C24H19F6N7O2/c25-23(26,27)9-13-2-1-3-16(8-13)36-22(39)35-15-6-4-14(5-7-15)18-17(21(38)32-11-24(28,29)30)10-37-19(18)20(31)33-12-34-37/h1-8,10,12H,9,11H2,(H,32,38)(H2,31,33,34)(H2,35,36,39). The van der Waals surface area contributed by atoms with Gasteiger partial charge in [-0.3, -0.25) is 4.79 Å². The fourth-order valence-electron chi connectivity index (χ4n) is 3.78. The van der Waals surface area contributed by atoms with Crippen molar-refractivity contribution in [3.8, 4) is 11.1 Å². The Morgan fingerprint density at radius 2 is 1.62 bits per heavy atom. The summed E-state index contributed by atoms with van der Waals surface area (Å²) in [5.41, 5.74) is 6.94. The summed E-state index contributed by atoms with van der Waals surface area (Å²) in [6.45, 7) is -1.55. The summed E-state index contributed by atoms with van der Waals surface area (Å²) in [7, 11) is 0. The molecule has 0 aliphatic rings. The molecule has 0 fully saturated rings. The molecule has 9 nitrogen and oxygen atoms in total. The Morgan fingerprint density at radius 1 is 0.923 bits per heavy atom. The highest BCUT2D eigenvalue weighted by Crippen LogP contribution is 2.33. The predicted octanol–water partition coefficient (Wildman–Crippen LogP) is 5.02. The molecule has 4 aromatic rings. The van der Waals surface area contributed by atoms with E-state index in [2.05, 4.69) is 20.7 Å². The zero-order valence-electron chi connectivity index (χ0n) is 19.7. The highest BCUT2D eigenvalue weighted by atomic mass is 19.4. The molecule has 0 spiro atoms. The van der Waals surface area contributed by atoms with Gasteiger partial charge in [0.2, 0.25) is 0 Å². The molecule has 4 rings (SSSR count). The number of rotatable bonds is 6. The van der Waals surface area contributed by atoms with Crippen LogP contribution in [-0.4, -0.2) is 45.4 Å². The number of nitrogen functional groups attached to an aromatic ring is 1. The molecular formula is C24H19F6N7O2. The van der Waals surface area contributed by atoms with Crippen molar-refractivity contribution in [1.82, 2.24) is 19.9 Å². The van der Waals surface area contributed by atoms with Gasteiger partial charge in [0.25, 0.3) is 5.91 Å². The number of alkyl halides is 6. The molecule has 5 N–H and O–H groups in total. The molecule has 0 aliphatic heterocycles. The molecule has 2 heterocycles. The lowest BCUT2D eigenvalue weighted by atomic mass is 10.0. The van der Waals surface area contributed by atoms with Gasteiger partial charge in [0, 0.05) is 23.1 Å². The summed E-state index contributed by atoms with van der Waals surface area (Å²) in [4.78, 5) is 28.9. The van der Waals surface area contributed by atoms with Crippen LogP contribution in [0.1, 0.15) is 15.9 Å². The number of fused-ring (bicyclic) bond motifs is 1. The lowest BCUT2D eigenvalue weighted by Gasteiger charge is -2.11. The monoisotopic (exact) mass is 551 g/mol. The number of hydrogen-bond donors (Lipinski definition) is 4. The van der Waals surface area contributed by atoms with Gasteiger partial charge in [-0.25, -0.2) is 14.3 Å². The van der Waals surface area contributed by atoms with E-state index in [1.807, 2.05) is 5.32 Å². The van der Waals surface area contributed by atoms with E-state index >= 15 is 0 Å². The smallest absolute Gasteiger partial charge is 0.382 e. The second-order valence-electron chi connectivity index (χ2n) is 8.30. The van der Waals surface area contributed by atoms with Crippen molar-refractivity contribution in [3.63, 3.8) is 0 Å². The maximum atomic E-state index is 12.6. The van der Waals surface area contributed by atoms with Crippen LogP contribution in [0.4, 0.5) is 48.3 Å². The molecular weight excluding hydrogens is 532 g/mol. The van der Waals surface area contributed by atoms with Crippen molar-refractivity contribution >= 4 is 34.6 Å². The van der Waals surface area contributed by atoms with E-state index in [9.17, 15) is 35.9 Å². The van der Waals surface area contributed by atoms with Crippen LogP contribution in [0, 0.1) is 0 Å². The quantitative estimate of drug-likeness (QED) is 0.251. The molecule has 0 saturated heterocycles. The first-order valence-corrected chi connectivity index (χ1v) is 11.1. The van der Waals surface area contributed by atoms with Crippen LogP contribution in [0.2, 0.25) is 0 Å². The fourth-order valence-corrected chi connectivity index (χ4v) is 3.78. The number of aromatic nitrogens is 3. The van der Waals surface area contributed by atoms with E-state index in [-0.39, 0.29) is 39.4 Å². The molecule has 0 atom stereocenters. The largest absolute Gasteiger partial charge is 0.405 e. The number of urea groups is 1. The molecule has 0 unspecified atom stereocenters. The first-order chi connectivity index (χ1) is 18.3. The molecule has 15 heteroatoms. The van der Waals surface area contributed by atoms with E-state index in [0.717, 1.165) is 6.33 Å². The van der Waals surface area contributed by atoms with E-state index in [4.69, 9.17) is 5.73 Å². The predicted molar refractivity (Wildman–Crippen MR) is 130 cm³/mol. The molecule has 0 aliphatic carbocycles. The van der Waals surface area contributed by atoms with Gasteiger partial charge in [-0.05, 0) is 35.4 Å². The highest BCUT2D eigenvalue weighted by molar-refractivity contribution is 6.07. The Kier molecular flexibility index (Phi) is 7.34. The van der Waals surface area contributed by atoms with Gasteiger partial charge in [0.1, 0.15) is 18.4 Å². The summed E-state index contributed by atoms with van der Waals surface area (Å²) in [5, 5.41) is 10.7. The first-order valence-electron chi connectivity index (χ1n) is 11.1. The average molecular weight is 551 g/mol. The number of halogens is 6. The molecule has 204 valence electrons. The number of carbonyl (C=O) groups excluding carboxylic acids is 2. The molecule has 3 amide bonds. The minimum Gasteiger partial charge on any atom is -0.382 e. The van der Waals surface area contributed by atoms with Crippen LogP contribution in [0.15, 0.2) is 61.1 Å². The van der Waals surface area contributed by atoms with Crippen LogP contribution in [-0.2, 0) is 6.42 Å². The zero-order valence-corrected chi connectivity index (χ0v) is 19.7. The minimum atomic E-state index is -4.62. The van der Waals surface area contributed by atoms with Crippen molar-refractivity contribution in [2.24, 2.45) is 0 Å². The lowest BCUT2D eigenvalue weighted by Crippen LogP contribution is -2.33. The maximum absolute atomic E-state index is 12.6. The summed E-state index contributed by atoms with van der Waals surface area (Å²) in [6.07, 6.45) is -7.83. The summed E-state index contributed by atoms with van der Waals surface area (Å²) < 4.78 is 77.1. The SMILES string of the molecule is Nc1ncnn2cc(C(=O)NCC(F)(F)F)c(-c3ccc(NC(=O)Nc4cccc(CC(F)(F)F)c4)cc3)c12. The van der Waals surface area contributed by atoms with Gasteiger partial charge >= 0.3 is 18.4 Å². The highest BCUT2D eigenvalue weighted by Gasteiger charge is 2.30. The fraction of sp³-hybridized carbons (Fsp3) is 0.167. The molecule has 2 aromatic carbocycles. The first kappa shape index (κ1) is 27.2. The minimum absolute atomic E-state index is 0.0239. The van der Waals surface area contributed by atoms with E-state index < -0.39 is 37.3 Å². The molecule has 0 radical (unpaired) electrons. The number of hydrogen-bond acceptors (Lipinski definition) is 5. The van der Waals surface area contributed by atoms with Crippen LogP contribution < -0.4 is 21.7 Å². The van der Waals surface area contributed by atoms with Gasteiger partial charge < -0.3 is 21.7 Å². The van der Waals surface area contributed by atoms with Crippen LogP contribution in [0.25, 0.3) is 16.6 Å². The average Bonchev–Trinajstić information content (AvgIpc) is 3.23. The molecule has 0 saturated carbocycles. The Labute approximate surface area is 216 Å². The maximum Gasteiger partial charge on any atom is 0.405 e. The number of nitrogens with one attached hydrogen (secondary N) is 3. The van der Waals surface area contributed by atoms with Gasteiger partial charge in [-0.15, -0.1) is 0 Å². The van der Waals surface area contributed by atoms with Crippen molar-refractivity contribution in [1.29, 1.82) is 0 Å². The number of nitrogens with two attached hydrogens (primary N) is 1. The second-order valence-corrected chi connectivity index (χ2v) is 8.30. The van der Waals surface area contributed by atoms with Crippen LogP contribution in [0.5, 0.6) is 0 Å². The zero-order chi connectivity index (χ0) is 28.4. The van der Waals surface area contributed by atoms with Crippen LogP contribution >= 0.6 is 0 Å². The van der Waals surface area contributed by atoms with E-state index in [1.54, 1.807) is 0 Å². The number of benzene rings is 2. The summed E-state index contributed by atoms with van der Waals surface area (Å²) >= 11 is 0. The van der Waals surface area contributed by atoms with Crippen molar-refractivity contribution in [2.45, 2.75) is 18.8 Å². The Morgan fingerprint density at radius 3 is 2.28 bits per heavy atom. The van der Waals surface area contributed by atoms with Gasteiger partial charge in [-0.1, -0.05) is 24.3 Å². The number of anilines is 3. The molecule has 39 heavy (non-hydrogen) atoms. The molecule has 2 aromatic heterocycles. The van der Waals surface area contributed by atoms with Gasteiger partial charge in [0.15, 0.2) is 5.82 Å². The van der Waals surface area contributed by atoms with Gasteiger partial charge in [-0.2, -0.15) is 31.4 Å². The van der Waals surface area contributed by atoms with E-state index in [1.165, 1.54) is 59.2 Å². The number of nitrogens with zero attached hydrogens (tertiary/aromatic N) is 3. The topological polar surface area (TPSA) is 126 Å². The summed E-state index contributed by atoms with van der Waals surface area (Å²) in [5.74, 6) is -1.04.